The fraction of sp³-hybridized carbons (Fsp3) is 0.538. The van der Waals surface area contributed by atoms with E-state index in [4.69, 9.17) is 4.74 Å². The van der Waals surface area contributed by atoms with Crippen LogP contribution < -0.4 is 4.74 Å². The fourth-order valence-corrected chi connectivity index (χ4v) is 3.49. The summed E-state index contributed by atoms with van der Waals surface area (Å²) in [5, 5.41) is 0. The molecule has 5 heteroatoms. The number of hydrogen-bond donors (Lipinski definition) is 0. The Kier molecular flexibility index (Phi) is 4.24. The zero-order valence-electron chi connectivity index (χ0n) is 10.6. The van der Waals surface area contributed by atoms with E-state index in [-0.39, 0.29) is 5.75 Å². The van der Waals surface area contributed by atoms with Gasteiger partial charge in [0, 0.05) is 13.1 Å². The number of ether oxygens (including phenoxy) is 1. The average Bonchev–Trinajstić information content (AvgIpc) is 2.51. The minimum Gasteiger partial charge on any atom is -0.497 e. The summed E-state index contributed by atoms with van der Waals surface area (Å²) in [5.74, 6) is 1.44. The second kappa shape index (κ2) is 5.71. The molecule has 2 rings (SSSR count). The van der Waals surface area contributed by atoms with Crippen LogP contribution in [0.5, 0.6) is 5.75 Å². The molecule has 18 heavy (non-hydrogen) atoms. The molecule has 0 spiro atoms. The van der Waals surface area contributed by atoms with Gasteiger partial charge in [0.15, 0.2) is 9.84 Å². The van der Waals surface area contributed by atoms with Crippen molar-refractivity contribution >= 4 is 9.84 Å². The Hall–Kier alpha value is -1.07. The van der Waals surface area contributed by atoms with Crippen LogP contribution in [-0.4, -0.2) is 45.0 Å². The van der Waals surface area contributed by atoms with Gasteiger partial charge in [-0.15, -0.1) is 0 Å². The van der Waals surface area contributed by atoms with Crippen LogP contribution in [-0.2, 0) is 16.4 Å². The Balaban J connectivity index is 2.00. The molecule has 1 fully saturated rings. The first-order chi connectivity index (χ1) is 8.59. The van der Waals surface area contributed by atoms with Crippen LogP contribution >= 0.6 is 0 Å². The highest BCUT2D eigenvalue weighted by Gasteiger charge is 2.18. The third-order valence-electron chi connectivity index (χ3n) is 3.19. The van der Waals surface area contributed by atoms with E-state index in [1.54, 1.807) is 7.11 Å². The molecule has 1 saturated heterocycles. The zero-order chi connectivity index (χ0) is 13.0. The van der Waals surface area contributed by atoms with Gasteiger partial charge in [0.25, 0.3) is 0 Å². The minimum absolute atomic E-state index is 0.275. The lowest BCUT2D eigenvalue weighted by Crippen LogP contribution is -2.26. The molecule has 0 saturated carbocycles. The summed E-state index contributed by atoms with van der Waals surface area (Å²) in [7, 11) is -1.17. The lowest BCUT2D eigenvalue weighted by molar-refractivity contribution is 0.286. The van der Waals surface area contributed by atoms with Crippen LogP contribution in [0.15, 0.2) is 24.3 Å². The van der Waals surface area contributed by atoms with Gasteiger partial charge in [-0.1, -0.05) is 12.1 Å². The highest BCUT2D eigenvalue weighted by atomic mass is 32.2. The Morgan fingerprint density at radius 2 is 2.11 bits per heavy atom. The summed E-state index contributed by atoms with van der Waals surface area (Å²) in [4.78, 5) is 2.19. The molecule has 1 heterocycles. The maximum Gasteiger partial charge on any atom is 0.151 e. The molecule has 0 unspecified atom stereocenters. The quantitative estimate of drug-likeness (QED) is 0.830. The molecule has 1 aliphatic rings. The summed E-state index contributed by atoms with van der Waals surface area (Å²) in [6.45, 7) is 2.25. The van der Waals surface area contributed by atoms with E-state index < -0.39 is 9.84 Å². The summed E-state index contributed by atoms with van der Waals surface area (Å²) < 4.78 is 28.2. The summed E-state index contributed by atoms with van der Waals surface area (Å²) >= 11 is 0. The topological polar surface area (TPSA) is 46.6 Å². The minimum atomic E-state index is -2.82. The molecule has 1 aromatic rings. The number of sulfone groups is 1. The van der Waals surface area contributed by atoms with E-state index in [1.807, 2.05) is 24.3 Å². The molecule has 0 N–H and O–H groups in total. The third kappa shape index (κ3) is 3.71. The van der Waals surface area contributed by atoms with Crippen molar-refractivity contribution in [2.45, 2.75) is 13.0 Å². The maximum atomic E-state index is 11.5. The van der Waals surface area contributed by atoms with Crippen molar-refractivity contribution < 1.29 is 13.2 Å². The highest BCUT2D eigenvalue weighted by molar-refractivity contribution is 7.91. The third-order valence-corrected chi connectivity index (χ3v) is 4.90. The molecule has 1 aliphatic heterocycles. The maximum absolute atomic E-state index is 11.5. The van der Waals surface area contributed by atoms with Crippen molar-refractivity contribution in [1.82, 2.24) is 4.90 Å². The van der Waals surface area contributed by atoms with Crippen molar-refractivity contribution in [2.75, 3.05) is 31.7 Å². The summed E-state index contributed by atoms with van der Waals surface area (Å²) in [5.41, 5.74) is 1.16. The molecule has 1 aromatic carbocycles. The van der Waals surface area contributed by atoms with Crippen LogP contribution in [0.2, 0.25) is 0 Å². The summed E-state index contributed by atoms with van der Waals surface area (Å²) in [6.07, 6.45) is 0.728. The van der Waals surface area contributed by atoms with Gasteiger partial charge in [-0.25, -0.2) is 8.42 Å². The first-order valence-corrected chi connectivity index (χ1v) is 7.97. The standard InChI is InChI=1S/C13H19NO3S/c1-17-13-5-2-4-12(10-13)11-14-6-3-8-18(15,16)9-7-14/h2,4-5,10H,3,6-9,11H2,1H3. The van der Waals surface area contributed by atoms with Gasteiger partial charge >= 0.3 is 0 Å². The molecular weight excluding hydrogens is 250 g/mol. The molecule has 0 aromatic heterocycles. The van der Waals surface area contributed by atoms with Crippen LogP contribution in [0.3, 0.4) is 0 Å². The molecular formula is C13H19NO3S. The van der Waals surface area contributed by atoms with Gasteiger partial charge in [-0.3, -0.25) is 4.90 Å². The molecule has 0 radical (unpaired) electrons. The SMILES string of the molecule is COc1cccc(CN2CCCS(=O)(=O)CC2)c1. The first-order valence-electron chi connectivity index (χ1n) is 6.15. The van der Waals surface area contributed by atoms with E-state index in [0.29, 0.717) is 12.3 Å². The second-order valence-electron chi connectivity index (χ2n) is 4.63. The highest BCUT2D eigenvalue weighted by Crippen LogP contribution is 2.15. The number of rotatable bonds is 3. The largest absolute Gasteiger partial charge is 0.497 e. The van der Waals surface area contributed by atoms with E-state index in [9.17, 15) is 8.42 Å². The zero-order valence-corrected chi connectivity index (χ0v) is 11.4. The molecule has 0 aliphatic carbocycles. The van der Waals surface area contributed by atoms with Crippen LogP contribution in [0.4, 0.5) is 0 Å². The smallest absolute Gasteiger partial charge is 0.151 e. The van der Waals surface area contributed by atoms with Gasteiger partial charge < -0.3 is 4.74 Å². The van der Waals surface area contributed by atoms with E-state index in [1.165, 1.54) is 0 Å². The number of benzene rings is 1. The van der Waals surface area contributed by atoms with Crippen molar-refractivity contribution in [3.63, 3.8) is 0 Å². The van der Waals surface area contributed by atoms with Gasteiger partial charge in [0.1, 0.15) is 5.75 Å². The van der Waals surface area contributed by atoms with Crippen molar-refractivity contribution in [2.24, 2.45) is 0 Å². The monoisotopic (exact) mass is 269 g/mol. The first kappa shape index (κ1) is 13.4. The molecule has 100 valence electrons. The van der Waals surface area contributed by atoms with Crippen molar-refractivity contribution in [1.29, 1.82) is 0 Å². The molecule has 0 atom stereocenters. The Labute approximate surface area is 108 Å². The van der Waals surface area contributed by atoms with E-state index in [2.05, 4.69) is 4.90 Å². The lowest BCUT2D eigenvalue weighted by atomic mass is 10.2. The number of hydrogen-bond acceptors (Lipinski definition) is 4. The predicted molar refractivity (Wildman–Crippen MR) is 71.5 cm³/mol. The molecule has 4 nitrogen and oxygen atoms in total. The second-order valence-corrected chi connectivity index (χ2v) is 6.94. The fourth-order valence-electron chi connectivity index (χ4n) is 2.18. The van der Waals surface area contributed by atoms with Gasteiger partial charge in [-0.05, 0) is 30.7 Å². The predicted octanol–water partition coefficient (Wildman–Crippen LogP) is 1.32. The Bertz CT molecular complexity index is 499. The Morgan fingerprint density at radius 1 is 1.28 bits per heavy atom. The van der Waals surface area contributed by atoms with Crippen LogP contribution in [0, 0.1) is 0 Å². The van der Waals surface area contributed by atoms with Crippen LogP contribution in [0.1, 0.15) is 12.0 Å². The van der Waals surface area contributed by atoms with Gasteiger partial charge in [0.2, 0.25) is 0 Å². The average molecular weight is 269 g/mol. The Morgan fingerprint density at radius 3 is 2.89 bits per heavy atom. The van der Waals surface area contributed by atoms with Gasteiger partial charge in [-0.2, -0.15) is 0 Å². The van der Waals surface area contributed by atoms with Gasteiger partial charge in [0.05, 0.1) is 18.6 Å². The normalized spacial score (nSPS) is 20.3. The summed E-state index contributed by atoms with van der Waals surface area (Å²) in [6, 6.07) is 7.92. The van der Waals surface area contributed by atoms with Crippen molar-refractivity contribution in [3.8, 4) is 5.75 Å². The van der Waals surface area contributed by atoms with E-state index >= 15 is 0 Å². The molecule has 0 amide bonds. The van der Waals surface area contributed by atoms with E-state index in [0.717, 1.165) is 30.8 Å². The van der Waals surface area contributed by atoms with Crippen molar-refractivity contribution in [3.05, 3.63) is 29.8 Å². The molecule has 0 bridgehead atoms. The van der Waals surface area contributed by atoms with Crippen LogP contribution in [0.25, 0.3) is 0 Å². The lowest BCUT2D eigenvalue weighted by Gasteiger charge is -2.19. The number of methoxy groups -OCH3 is 1. The number of nitrogens with zero attached hydrogens (tertiary/aromatic N) is 1.